The van der Waals surface area contributed by atoms with Crippen LogP contribution in [0.1, 0.15) is 32.6 Å². The third-order valence-electron chi connectivity index (χ3n) is 4.37. The molecule has 0 saturated heterocycles. The molecule has 8 heteroatoms. The first-order valence-corrected chi connectivity index (χ1v) is 8.35. The van der Waals surface area contributed by atoms with E-state index in [4.69, 9.17) is 0 Å². The van der Waals surface area contributed by atoms with Crippen molar-refractivity contribution < 1.29 is 9.72 Å². The van der Waals surface area contributed by atoms with Gasteiger partial charge in [-0.15, -0.1) is 0 Å². The number of aryl methyl sites for hydroxylation is 3. The first-order valence-electron chi connectivity index (χ1n) is 8.35. The number of hydrogen-bond acceptors (Lipinski definition) is 5. The molecule has 1 aromatic heterocycles. The van der Waals surface area contributed by atoms with Crippen molar-refractivity contribution in [1.82, 2.24) is 20.1 Å². The molecule has 1 N–H and O–H groups in total. The van der Waals surface area contributed by atoms with Gasteiger partial charge in [0.15, 0.2) is 0 Å². The number of carbonyl (C=O) groups is 1. The van der Waals surface area contributed by atoms with E-state index in [1.807, 2.05) is 20.8 Å². The van der Waals surface area contributed by atoms with E-state index in [9.17, 15) is 14.9 Å². The lowest BCUT2D eigenvalue weighted by atomic mass is 10.00. The number of rotatable bonds is 5. The molecule has 0 fully saturated rings. The van der Waals surface area contributed by atoms with Crippen molar-refractivity contribution in [3.8, 4) is 5.69 Å². The van der Waals surface area contributed by atoms with Gasteiger partial charge in [-0.2, -0.15) is 5.10 Å². The Morgan fingerprint density at radius 3 is 2.48 bits per heavy atom. The van der Waals surface area contributed by atoms with Crippen LogP contribution in [-0.4, -0.2) is 25.6 Å². The number of nitro groups is 1. The third-order valence-corrected chi connectivity index (χ3v) is 4.37. The minimum Gasteiger partial charge on any atom is -0.348 e. The molecule has 0 bridgehead atoms. The van der Waals surface area contributed by atoms with Gasteiger partial charge in [0, 0.05) is 18.2 Å². The lowest BCUT2D eigenvalue weighted by molar-refractivity contribution is -0.384. The number of amides is 1. The van der Waals surface area contributed by atoms with Gasteiger partial charge in [0.05, 0.1) is 4.92 Å². The molecule has 1 heterocycles. The van der Waals surface area contributed by atoms with Crippen molar-refractivity contribution in [3.05, 3.63) is 80.9 Å². The highest BCUT2D eigenvalue weighted by molar-refractivity contribution is 5.95. The third kappa shape index (κ3) is 3.84. The Morgan fingerprint density at radius 1 is 1.19 bits per heavy atom. The van der Waals surface area contributed by atoms with Crippen molar-refractivity contribution in [2.45, 2.75) is 27.3 Å². The van der Waals surface area contributed by atoms with Gasteiger partial charge in [-0.05, 0) is 49.6 Å². The molecule has 0 spiro atoms. The minimum atomic E-state index is -0.540. The zero-order chi connectivity index (χ0) is 19.6. The summed E-state index contributed by atoms with van der Waals surface area (Å²) in [5, 5.41) is 18.2. The zero-order valence-corrected chi connectivity index (χ0v) is 15.3. The summed E-state index contributed by atoms with van der Waals surface area (Å²) in [7, 11) is 0. The topological polar surface area (TPSA) is 103 Å². The summed E-state index contributed by atoms with van der Waals surface area (Å²) in [4.78, 5) is 27.2. The normalized spacial score (nSPS) is 10.6. The summed E-state index contributed by atoms with van der Waals surface area (Å²) in [6.45, 7) is 6.38. The smallest absolute Gasteiger partial charge is 0.295 e. The summed E-state index contributed by atoms with van der Waals surface area (Å²) in [6.07, 6.45) is 2.65. The second kappa shape index (κ2) is 7.36. The first kappa shape index (κ1) is 18.2. The summed E-state index contributed by atoms with van der Waals surface area (Å²) < 4.78 is 1.29. The molecule has 2 aromatic carbocycles. The average Bonchev–Trinajstić information content (AvgIpc) is 3.14. The lowest BCUT2D eigenvalue weighted by Gasteiger charge is -2.13. The predicted molar refractivity (Wildman–Crippen MR) is 99.8 cm³/mol. The molecule has 0 aliphatic rings. The number of hydrogen-bond donors (Lipinski definition) is 1. The summed E-state index contributed by atoms with van der Waals surface area (Å²) in [6, 6.07) is 8.40. The molecule has 3 aromatic rings. The van der Waals surface area contributed by atoms with Gasteiger partial charge in [0.2, 0.25) is 0 Å². The SMILES string of the molecule is Cc1cc(C)c(CNC(=O)c2ccc(-n3cncn3)c([N+](=O)[O-])c2)c(C)c1. The van der Waals surface area contributed by atoms with Crippen LogP contribution in [0.25, 0.3) is 5.69 Å². The summed E-state index contributed by atoms with van der Waals surface area (Å²) in [5.41, 5.74) is 4.66. The monoisotopic (exact) mass is 365 g/mol. The molecular formula is C19H19N5O3. The van der Waals surface area contributed by atoms with Crippen LogP contribution in [0.4, 0.5) is 5.69 Å². The molecule has 1 amide bonds. The standard InChI is InChI=1S/C19H19N5O3/c1-12-6-13(2)16(14(3)7-12)9-21-19(25)15-4-5-17(18(8-15)24(26)27)23-11-20-10-22-23/h4-8,10-11H,9H2,1-3H3,(H,21,25). The fraction of sp³-hybridized carbons (Fsp3) is 0.211. The van der Waals surface area contributed by atoms with E-state index in [1.165, 1.54) is 41.1 Å². The van der Waals surface area contributed by atoms with Crippen LogP contribution in [0.5, 0.6) is 0 Å². The molecule has 0 saturated carbocycles. The number of nitrogens with one attached hydrogen (secondary N) is 1. The van der Waals surface area contributed by atoms with E-state index in [2.05, 4.69) is 27.5 Å². The second-order valence-electron chi connectivity index (χ2n) is 6.36. The molecule has 0 aliphatic heterocycles. The Kier molecular flexibility index (Phi) is 4.98. The fourth-order valence-electron chi connectivity index (χ4n) is 3.10. The lowest BCUT2D eigenvalue weighted by Crippen LogP contribution is -2.24. The maximum Gasteiger partial charge on any atom is 0.295 e. The van der Waals surface area contributed by atoms with E-state index in [1.54, 1.807) is 0 Å². The van der Waals surface area contributed by atoms with Crippen molar-refractivity contribution in [2.24, 2.45) is 0 Å². The van der Waals surface area contributed by atoms with Crippen LogP contribution in [0.2, 0.25) is 0 Å². The van der Waals surface area contributed by atoms with Gasteiger partial charge in [-0.3, -0.25) is 14.9 Å². The predicted octanol–water partition coefficient (Wildman–Crippen LogP) is 3.03. The van der Waals surface area contributed by atoms with Crippen LogP contribution in [0, 0.1) is 30.9 Å². The molecule has 3 rings (SSSR count). The maximum absolute atomic E-state index is 12.5. The van der Waals surface area contributed by atoms with E-state index in [0.717, 1.165) is 16.7 Å². The Morgan fingerprint density at radius 2 is 1.89 bits per heavy atom. The largest absolute Gasteiger partial charge is 0.348 e. The fourth-order valence-corrected chi connectivity index (χ4v) is 3.10. The van der Waals surface area contributed by atoms with Gasteiger partial charge in [-0.1, -0.05) is 17.7 Å². The van der Waals surface area contributed by atoms with Crippen LogP contribution < -0.4 is 5.32 Å². The van der Waals surface area contributed by atoms with E-state index in [-0.39, 0.29) is 22.8 Å². The highest BCUT2D eigenvalue weighted by atomic mass is 16.6. The molecular weight excluding hydrogens is 346 g/mol. The average molecular weight is 365 g/mol. The number of aromatic nitrogens is 3. The Bertz CT molecular complexity index is 989. The molecule has 138 valence electrons. The minimum absolute atomic E-state index is 0.212. The summed E-state index contributed by atoms with van der Waals surface area (Å²) in [5.74, 6) is -0.373. The van der Waals surface area contributed by atoms with Gasteiger partial charge < -0.3 is 5.32 Å². The van der Waals surface area contributed by atoms with Crippen LogP contribution in [-0.2, 0) is 6.54 Å². The van der Waals surface area contributed by atoms with Gasteiger partial charge in [-0.25, -0.2) is 9.67 Å². The Labute approximate surface area is 156 Å². The highest BCUT2D eigenvalue weighted by Crippen LogP contribution is 2.23. The quantitative estimate of drug-likeness (QED) is 0.553. The van der Waals surface area contributed by atoms with Crippen LogP contribution in [0.15, 0.2) is 43.0 Å². The van der Waals surface area contributed by atoms with Crippen molar-refractivity contribution in [2.75, 3.05) is 0 Å². The molecule has 0 aliphatic carbocycles. The summed E-state index contributed by atoms with van der Waals surface area (Å²) >= 11 is 0. The van der Waals surface area contributed by atoms with E-state index >= 15 is 0 Å². The molecule has 27 heavy (non-hydrogen) atoms. The number of nitro benzene ring substituents is 1. The van der Waals surface area contributed by atoms with Crippen molar-refractivity contribution in [1.29, 1.82) is 0 Å². The first-order chi connectivity index (χ1) is 12.9. The van der Waals surface area contributed by atoms with Gasteiger partial charge in [0.25, 0.3) is 11.6 Å². The van der Waals surface area contributed by atoms with Crippen molar-refractivity contribution >= 4 is 11.6 Å². The van der Waals surface area contributed by atoms with E-state index < -0.39 is 4.92 Å². The molecule has 8 nitrogen and oxygen atoms in total. The number of benzene rings is 2. The number of nitrogens with zero attached hydrogens (tertiary/aromatic N) is 4. The number of carbonyl (C=O) groups excluding carboxylic acids is 1. The van der Waals surface area contributed by atoms with Crippen LogP contribution >= 0.6 is 0 Å². The highest BCUT2D eigenvalue weighted by Gasteiger charge is 2.19. The molecule has 0 unspecified atom stereocenters. The van der Waals surface area contributed by atoms with Crippen molar-refractivity contribution in [3.63, 3.8) is 0 Å². The van der Waals surface area contributed by atoms with Crippen LogP contribution in [0.3, 0.4) is 0 Å². The second-order valence-corrected chi connectivity index (χ2v) is 6.36. The molecule has 0 atom stereocenters. The maximum atomic E-state index is 12.5. The Balaban J connectivity index is 1.83. The van der Waals surface area contributed by atoms with E-state index in [0.29, 0.717) is 6.54 Å². The van der Waals surface area contributed by atoms with Gasteiger partial charge in [0.1, 0.15) is 18.3 Å². The Hall–Kier alpha value is -3.55. The van der Waals surface area contributed by atoms with Gasteiger partial charge >= 0.3 is 0 Å². The molecule has 0 radical (unpaired) electrons. The zero-order valence-electron chi connectivity index (χ0n) is 15.3.